The molecule has 0 aliphatic carbocycles. The molecule has 0 saturated carbocycles. The average molecular weight is 789 g/mol. The molecule has 0 radical (unpaired) electrons. The topological polar surface area (TPSA) is 92.6 Å². The molecule has 8 nitrogen and oxygen atoms in total. The van der Waals surface area contributed by atoms with Crippen LogP contribution in [-0.2, 0) is 38.8 Å². The lowest BCUT2D eigenvalue weighted by molar-refractivity contribution is -0.138. The minimum Gasteiger partial charge on any atom is -0.300 e. The Morgan fingerprint density at radius 1 is 0.769 bits per heavy atom. The zero-order valence-corrected chi connectivity index (χ0v) is 30.0. The van der Waals surface area contributed by atoms with E-state index in [0.29, 0.717) is 23.6 Å². The number of benzene rings is 3. The van der Waals surface area contributed by atoms with Crippen molar-refractivity contribution < 1.29 is 43.2 Å². The zero-order chi connectivity index (χ0) is 37.2. The van der Waals surface area contributed by atoms with Crippen LogP contribution in [0.3, 0.4) is 0 Å². The Morgan fingerprint density at radius 3 is 1.94 bits per heavy atom. The van der Waals surface area contributed by atoms with Gasteiger partial charge >= 0.3 is 12.4 Å². The molecule has 1 aromatic heterocycles. The Labute approximate surface area is 302 Å². The second-order valence-corrected chi connectivity index (χ2v) is 17.9. The molecule has 52 heavy (non-hydrogen) atoms. The van der Waals surface area contributed by atoms with Gasteiger partial charge in [-0.3, -0.25) is 4.90 Å². The number of nitrogens with zero attached hydrogens (tertiary/aromatic N) is 4. The van der Waals surface area contributed by atoms with Gasteiger partial charge in [0.15, 0.2) is 0 Å². The number of sulfonamides is 1. The van der Waals surface area contributed by atoms with E-state index in [-0.39, 0.29) is 63.9 Å². The van der Waals surface area contributed by atoms with Crippen molar-refractivity contribution in [1.82, 2.24) is 18.2 Å². The summed E-state index contributed by atoms with van der Waals surface area (Å²) in [6.07, 6.45) is -5.24. The van der Waals surface area contributed by atoms with Crippen molar-refractivity contribution in [3.05, 3.63) is 88.7 Å². The summed E-state index contributed by atoms with van der Waals surface area (Å²) in [6, 6.07) is 10.8. The molecule has 17 heteroatoms. The first-order valence-electron chi connectivity index (χ1n) is 17.0. The molecule has 4 atom stereocenters. The first-order valence-corrected chi connectivity index (χ1v) is 20.2. The van der Waals surface area contributed by atoms with Crippen LogP contribution in [0.2, 0.25) is 5.02 Å². The molecule has 0 unspecified atom stereocenters. The molecule has 3 aliphatic rings. The average Bonchev–Trinajstić information content (AvgIpc) is 3.46. The first kappa shape index (κ1) is 37.1. The van der Waals surface area contributed by atoms with Gasteiger partial charge in [-0.1, -0.05) is 11.6 Å². The number of imidazole rings is 1. The van der Waals surface area contributed by atoms with Gasteiger partial charge in [0.1, 0.15) is 5.82 Å². The highest BCUT2D eigenvalue weighted by Gasteiger charge is 2.51. The molecular weight excluding hydrogens is 754 g/mol. The maximum atomic E-state index is 14.3. The molecule has 4 heterocycles. The molecule has 3 fully saturated rings. The van der Waals surface area contributed by atoms with Crippen molar-refractivity contribution in [1.29, 1.82) is 0 Å². The molecule has 0 bridgehead atoms. The summed E-state index contributed by atoms with van der Waals surface area (Å²) in [7, 11) is -8.67. The molecular formula is C35H35ClF6N4O4S2. The molecule has 0 N–H and O–H groups in total. The van der Waals surface area contributed by atoms with Crippen molar-refractivity contribution in [2.75, 3.05) is 19.6 Å². The van der Waals surface area contributed by atoms with Crippen LogP contribution in [0.15, 0.2) is 76.5 Å². The quantitative estimate of drug-likeness (QED) is 0.169. The maximum absolute atomic E-state index is 14.3. The molecule has 3 aromatic carbocycles. The SMILES string of the molecule is O=S(=O)(c1ccc(C(F)(F)F)cc1)N1C[C@@H]2CCCN3CCC[C@@H]([C@H]23)[C@H]1CCCc1nc2cc(Cl)ccc2n1S(=O)(=O)c1ccc(C(F)(F)F)cc1. The Balaban J connectivity index is 1.22. The van der Waals surface area contributed by atoms with Gasteiger partial charge in [-0.25, -0.2) is 25.8 Å². The van der Waals surface area contributed by atoms with Crippen molar-refractivity contribution in [3.63, 3.8) is 0 Å². The van der Waals surface area contributed by atoms with Gasteiger partial charge in [-0.05, 0) is 130 Å². The summed E-state index contributed by atoms with van der Waals surface area (Å²) in [5.74, 6) is 0.110. The van der Waals surface area contributed by atoms with Gasteiger partial charge in [-0.2, -0.15) is 30.6 Å². The summed E-state index contributed by atoms with van der Waals surface area (Å²) in [6.45, 7) is 2.03. The fourth-order valence-electron chi connectivity index (χ4n) is 8.44. The van der Waals surface area contributed by atoms with E-state index in [1.54, 1.807) is 0 Å². The largest absolute Gasteiger partial charge is 0.416 e. The van der Waals surface area contributed by atoms with E-state index in [1.165, 1.54) is 22.5 Å². The Kier molecular flexibility index (Phi) is 9.71. The molecule has 4 aromatic rings. The first-order chi connectivity index (χ1) is 24.5. The second-order valence-electron chi connectivity index (χ2n) is 13.7. The lowest BCUT2D eigenvalue weighted by atomic mass is 9.70. The number of hydrogen-bond acceptors (Lipinski definition) is 6. The Hall–Kier alpha value is -3.18. The van der Waals surface area contributed by atoms with Crippen molar-refractivity contribution >= 4 is 42.7 Å². The van der Waals surface area contributed by atoms with E-state index in [4.69, 9.17) is 11.6 Å². The molecule has 7 rings (SSSR count). The number of rotatable bonds is 8. The van der Waals surface area contributed by atoms with Crippen LogP contribution in [0.1, 0.15) is 55.5 Å². The fraction of sp³-hybridized carbons (Fsp3) is 0.457. The number of hydrogen-bond donors (Lipinski definition) is 0. The lowest BCUT2D eigenvalue weighted by Crippen LogP contribution is -2.65. The Morgan fingerprint density at radius 2 is 1.35 bits per heavy atom. The number of halogens is 7. The van der Waals surface area contributed by atoms with Crippen molar-refractivity contribution in [2.24, 2.45) is 11.8 Å². The van der Waals surface area contributed by atoms with E-state index in [9.17, 15) is 43.2 Å². The number of alkyl halides is 6. The number of aryl methyl sites for hydroxylation is 1. The van der Waals surface area contributed by atoms with Gasteiger partial charge in [-0.15, -0.1) is 0 Å². The second kappa shape index (κ2) is 13.6. The monoisotopic (exact) mass is 788 g/mol. The minimum atomic E-state index is -4.66. The van der Waals surface area contributed by atoms with Crippen LogP contribution >= 0.6 is 11.6 Å². The fourth-order valence-corrected chi connectivity index (χ4v) is 11.9. The third-order valence-electron chi connectivity index (χ3n) is 10.7. The van der Waals surface area contributed by atoms with Crippen LogP contribution in [0.4, 0.5) is 26.3 Å². The van der Waals surface area contributed by atoms with Crippen LogP contribution in [-0.4, -0.2) is 66.7 Å². The number of aromatic nitrogens is 2. The van der Waals surface area contributed by atoms with Crippen LogP contribution < -0.4 is 0 Å². The van der Waals surface area contributed by atoms with E-state index < -0.39 is 49.6 Å². The molecule has 3 aliphatic heterocycles. The minimum absolute atomic E-state index is 0.0504. The smallest absolute Gasteiger partial charge is 0.300 e. The highest BCUT2D eigenvalue weighted by atomic mass is 35.5. The van der Waals surface area contributed by atoms with Crippen LogP contribution in [0.5, 0.6) is 0 Å². The number of fused-ring (bicyclic) bond motifs is 1. The third kappa shape index (κ3) is 6.85. The summed E-state index contributed by atoms with van der Waals surface area (Å²) >= 11 is 6.20. The summed E-state index contributed by atoms with van der Waals surface area (Å²) < 4.78 is 139. The predicted octanol–water partition coefficient (Wildman–Crippen LogP) is 7.85. The van der Waals surface area contributed by atoms with E-state index in [1.807, 2.05) is 0 Å². The van der Waals surface area contributed by atoms with Gasteiger partial charge in [0.05, 0.1) is 32.0 Å². The lowest BCUT2D eigenvalue weighted by Gasteiger charge is -2.57. The number of piperidine rings is 3. The molecule has 3 saturated heterocycles. The van der Waals surface area contributed by atoms with E-state index in [2.05, 4.69) is 9.88 Å². The molecule has 0 spiro atoms. The highest BCUT2D eigenvalue weighted by molar-refractivity contribution is 7.90. The zero-order valence-electron chi connectivity index (χ0n) is 27.6. The van der Waals surface area contributed by atoms with Gasteiger partial charge in [0.2, 0.25) is 10.0 Å². The Bertz CT molecular complexity index is 2170. The summed E-state index contributed by atoms with van der Waals surface area (Å²) in [4.78, 5) is 6.39. The van der Waals surface area contributed by atoms with Gasteiger partial charge in [0.25, 0.3) is 10.0 Å². The maximum Gasteiger partial charge on any atom is 0.416 e. The standard InChI is InChI=1S/C35H35ClF6N4O4S2/c36-25-12-17-31-29(20-25)43-32(46(31)52(49,50)27-15-10-24(11-16-27)35(40,41)42)7-1-6-30-28-5-3-19-44-18-2-4-22(33(28)44)21-45(30)51(47,48)26-13-8-23(9-14-26)34(37,38)39/h8-17,20,22,28,30,33H,1-7,18-19,21H2/t22-,28+,30+,33-/m0/s1. The van der Waals surface area contributed by atoms with Gasteiger partial charge < -0.3 is 0 Å². The molecule has 280 valence electrons. The predicted molar refractivity (Wildman–Crippen MR) is 182 cm³/mol. The van der Waals surface area contributed by atoms with Crippen molar-refractivity contribution in [2.45, 2.75) is 79.2 Å². The van der Waals surface area contributed by atoms with Gasteiger partial charge in [0, 0.05) is 30.1 Å². The van der Waals surface area contributed by atoms with Crippen LogP contribution in [0.25, 0.3) is 11.0 Å². The highest BCUT2D eigenvalue weighted by Crippen LogP contribution is 2.45. The molecule has 0 amide bonds. The van der Waals surface area contributed by atoms with Crippen LogP contribution in [0, 0.1) is 11.8 Å². The van der Waals surface area contributed by atoms with Crippen molar-refractivity contribution in [3.8, 4) is 0 Å². The van der Waals surface area contributed by atoms with E-state index in [0.717, 1.165) is 79.1 Å². The normalized spacial score (nSPS) is 23.5. The summed E-state index contributed by atoms with van der Waals surface area (Å²) in [5.41, 5.74) is -1.52. The van der Waals surface area contributed by atoms with E-state index >= 15 is 0 Å². The summed E-state index contributed by atoms with van der Waals surface area (Å²) in [5, 5.41) is 0.297. The third-order valence-corrected chi connectivity index (χ3v) is 14.6.